The number of nitrogens with one attached hydrogen (secondary N) is 1. The Kier molecular flexibility index (Phi) is 5.28. The molecule has 1 atom stereocenters. The number of halogens is 2. The summed E-state index contributed by atoms with van der Waals surface area (Å²) in [5, 5.41) is 3.29. The number of ether oxygens (including phenoxy) is 1. The lowest BCUT2D eigenvalue weighted by atomic mass is 10.1. The second kappa shape index (κ2) is 7.60. The van der Waals surface area contributed by atoms with Crippen molar-refractivity contribution in [1.82, 2.24) is 19.8 Å². The average molecular weight is 350 g/mol. The Balaban J connectivity index is 1.69. The Hall–Kier alpha value is -2.48. The second-order valence-corrected chi connectivity index (χ2v) is 5.90. The van der Waals surface area contributed by atoms with Gasteiger partial charge >= 0.3 is 6.61 Å². The van der Waals surface area contributed by atoms with Gasteiger partial charge in [-0.2, -0.15) is 8.78 Å². The van der Waals surface area contributed by atoms with Gasteiger partial charge in [0.2, 0.25) is 5.91 Å². The highest BCUT2D eigenvalue weighted by Crippen LogP contribution is 2.22. The highest BCUT2D eigenvalue weighted by atomic mass is 19.3. The molecular formula is C17H20F2N4O2. The maximum atomic E-state index is 12.8. The zero-order chi connectivity index (χ0) is 17.8. The van der Waals surface area contributed by atoms with E-state index in [2.05, 4.69) is 15.0 Å². The van der Waals surface area contributed by atoms with Crippen LogP contribution in [0.5, 0.6) is 5.75 Å². The van der Waals surface area contributed by atoms with Crippen molar-refractivity contribution in [3.05, 3.63) is 48.0 Å². The van der Waals surface area contributed by atoms with Gasteiger partial charge in [0.1, 0.15) is 17.6 Å². The van der Waals surface area contributed by atoms with Crippen molar-refractivity contribution in [2.24, 2.45) is 7.05 Å². The van der Waals surface area contributed by atoms with Gasteiger partial charge in [-0.1, -0.05) is 12.1 Å². The summed E-state index contributed by atoms with van der Waals surface area (Å²) >= 11 is 0. The fourth-order valence-electron chi connectivity index (χ4n) is 3.00. The van der Waals surface area contributed by atoms with Crippen molar-refractivity contribution in [1.29, 1.82) is 0 Å². The lowest BCUT2D eigenvalue weighted by Crippen LogP contribution is -2.49. The standard InChI is InChI=1S/C17H20F2N4O2/c1-22-8-7-21-16(22)14-11-20-6-9-23(14)15(24)10-12-2-4-13(5-3-12)25-17(18)19/h2-5,7-8,14,17,20H,6,9-11H2,1H3. The molecule has 0 aliphatic carbocycles. The van der Waals surface area contributed by atoms with Crippen molar-refractivity contribution < 1.29 is 18.3 Å². The highest BCUT2D eigenvalue weighted by Gasteiger charge is 2.30. The lowest BCUT2D eigenvalue weighted by molar-refractivity contribution is -0.134. The van der Waals surface area contributed by atoms with E-state index in [-0.39, 0.29) is 24.1 Å². The molecular weight excluding hydrogens is 330 g/mol. The zero-order valence-electron chi connectivity index (χ0n) is 13.9. The SMILES string of the molecule is Cn1ccnc1C1CNCCN1C(=O)Cc1ccc(OC(F)F)cc1. The number of amides is 1. The van der Waals surface area contributed by atoms with Crippen LogP contribution in [0.25, 0.3) is 0 Å². The molecule has 134 valence electrons. The van der Waals surface area contributed by atoms with Gasteiger partial charge in [-0.3, -0.25) is 4.79 Å². The fourth-order valence-corrected chi connectivity index (χ4v) is 3.00. The molecule has 0 bridgehead atoms. The summed E-state index contributed by atoms with van der Waals surface area (Å²) in [6.07, 6.45) is 3.78. The molecule has 0 spiro atoms. The highest BCUT2D eigenvalue weighted by molar-refractivity contribution is 5.79. The third kappa shape index (κ3) is 4.14. The average Bonchev–Trinajstić information content (AvgIpc) is 3.02. The van der Waals surface area contributed by atoms with Crippen LogP contribution in [0.3, 0.4) is 0 Å². The number of rotatable bonds is 5. The summed E-state index contributed by atoms with van der Waals surface area (Å²) < 4.78 is 30.6. The number of imidazole rings is 1. The molecule has 3 rings (SSSR count). The predicted molar refractivity (Wildman–Crippen MR) is 87.3 cm³/mol. The summed E-state index contributed by atoms with van der Waals surface area (Å²) in [6.45, 7) is -0.874. The Morgan fingerprint density at radius 1 is 1.40 bits per heavy atom. The molecule has 1 fully saturated rings. The van der Waals surface area contributed by atoms with Gasteiger partial charge in [0.25, 0.3) is 0 Å². The molecule has 1 aromatic heterocycles. The monoisotopic (exact) mass is 350 g/mol. The summed E-state index contributed by atoms with van der Waals surface area (Å²) in [4.78, 5) is 18.9. The van der Waals surface area contributed by atoms with E-state index in [1.807, 2.05) is 22.7 Å². The smallest absolute Gasteiger partial charge is 0.387 e. The van der Waals surface area contributed by atoms with Crippen molar-refractivity contribution in [3.8, 4) is 5.75 Å². The maximum Gasteiger partial charge on any atom is 0.387 e. The van der Waals surface area contributed by atoms with Crippen LogP contribution in [0.2, 0.25) is 0 Å². The summed E-state index contributed by atoms with van der Waals surface area (Å²) in [5.41, 5.74) is 0.753. The maximum absolute atomic E-state index is 12.8. The summed E-state index contributed by atoms with van der Waals surface area (Å²) in [5.74, 6) is 0.900. The van der Waals surface area contributed by atoms with E-state index in [0.717, 1.165) is 17.9 Å². The molecule has 1 N–H and O–H groups in total. The van der Waals surface area contributed by atoms with E-state index in [0.29, 0.717) is 13.1 Å². The van der Waals surface area contributed by atoms with Crippen LogP contribution in [-0.4, -0.2) is 46.6 Å². The van der Waals surface area contributed by atoms with Crippen LogP contribution >= 0.6 is 0 Å². The van der Waals surface area contributed by atoms with Crippen molar-refractivity contribution >= 4 is 5.91 Å². The van der Waals surface area contributed by atoms with Gasteiger partial charge in [0.05, 0.1) is 6.42 Å². The molecule has 8 heteroatoms. The first kappa shape index (κ1) is 17.3. The molecule has 25 heavy (non-hydrogen) atoms. The Morgan fingerprint density at radius 2 is 2.16 bits per heavy atom. The number of aryl methyl sites for hydroxylation is 1. The molecule has 6 nitrogen and oxygen atoms in total. The largest absolute Gasteiger partial charge is 0.435 e. The Morgan fingerprint density at radius 3 is 2.80 bits per heavy atom. The Bertz CT molecular complexity index is 718. The molecule has 2 aromatic rings. The van der Waals surface area contributed by atoms with E-state index < -0.39 is 6.61 Å². The number of hydrogen-bond acceptors (Lipinski definition) is 4. The molecule has 0 saturated carbocycles. The number of hydrogen-bond donors (Lipinski definition) is 1. The van der Waals surface area contributed by atoms with Gasteiger partial charge in [0, 0.05) is 39.1 Å². The normalized spacial score (nSPS) is 17.8. The third-order valence-corrected chi connectivity index (χ3v) is 4.22. The molecule has 1 aromatic carbocycles. The molecule has 2 heterocycles. The zero-order valence-corrected chi connectivity index (χ0v) is 13.9. The van der Waals surface area contributed by atoms with E-state index in [1.54, 1.807) is 18.3 Å². The quantitative estimate of drug-likeness (QED) is 0.892. The minimum absolute atomic E-state index is 0.0166. The number of carbonyl (C=O) groups is 1. The minimum atomic E-state index is -2.85. The third-order valence-electron chi connectivity index (χ3n) is 4.22. The number of alkyl halides is 2. The molecule has 1 saturated heterocycles. The fraction of sp³-hybridized carbons (Fsp3) is 0.412. The summed E-state index contributed by atoms with van der Waals surface area (Å²) in [6, 6.07) is 6.04. The van der Waals surface area contributed by atoms with Gasteiger partial charge in [-0.25, -0.2) is 4.98 Å². The molecule has 1 amide bonds. The van der Waals surface area contributed by atoms with Gasteiger partial charge in [-0.15, -0.1) is 0 Å². The number of carbonyl (C=O) groups excluding carboxylic acids is 1. The molecule has 1 unspecified atom stereocenters. The number of aromatic nitrogens is 2. The van der Waals surface area contributed by atoms with Crippen LogP contribution in [0.15, 0.2) is 36.7 Å². The molecule has 0 radical (unpaired) electrons. The first-order chi connectivity index (χ1) is 12.0. The first-order valence-corrected chi connectivity index (χ1v) is 8.06. The minimum Gasteiger partial charge on any atom is -0.435 e. The van der Waals surface area contributed by atoms with Crippen LogP contribution in [0.4, 0.5) is 8.78 Å². The van der Waals surface area contributed by atoms with Gasteiger partial charge in [-0.05, 0) is 17.7 Å². The Labute approximate surface area is 144 Å². The van der Waals surface area contributed by atoms with Gasteiger partial charge < -0.3 is 19.5 Å². The van der Waals surface area contributed by atoms with E-state index in [9.17, 15) is 13.6 Å². The lowest BCUT2D eigenvalue weighted by Gasteiger charge is -2.35. The van der Waals surface area contributed by atoms with E-state index >= 15 is 0 Å². The van der Waals surface area contributed by atoms with Crippen molar-refractivity contribution in [3.63, 3.8) is 0 Å². The van der Waals surface area contributed by atoms with E-state index in [1.165, 1.54) is 12.1 Å². The van der Waals surface area contributed by atoms with Crippen molar-refractivity contribution in [2.75, 3.05) is 19.6 Å². The predicted octanol–water partition coefficient (Wildman–Crippen LogP) is 1.74. The van der Waals surface area contributed by atoms with Crippen LogP contribution in [0.1, 0.15) is 17.4 Å². The molecule has 1 aliphatic heterocycles. The topological polar surface area (TPSA) is 59.4 Å². The number of benzene rings is 1. The molecule has 1 aliphatic rings. The summed E-state index contributed by atoms with van der Waals surface area (Å²) in [7, 11) is 1.90. The number of piperazine rings is 1. The van der Waals surface area contributed by atoms with Crippen LogP contribution < -0.4 is 10.1 Å². The van der Waals surface area contributed by atoms with Crippen molar-refractivity contribution in [2.45, 2.75) is 19.1 Å². The number of nitrogens with zero attached hydrogens (tertiary/aromatic N) is 3. The van der Waals surface area contributed by atoms with E-state index in [4.69, 9.17) is 0 Å². The second-order valence-electron chi connectivity index (χ2n) is 5.90. The van der Waals surface area contributed by atoms with Crippen LogP contribution in [-0.2, 0) is 18.3 Å². The van der Waals surface area contributed by atoms with Gasteiger partial charge in [0.15, 0.2) is 0 Å². The van der Waals surface area contributed by atoms with Crippen LogP contribution in [0, 0.1) is 0 Å². The first-order valence-electron chi connectivity index (χ1n) is 8.06.